The number of aliphatic hydroxyl groups excluding tert-OH is 1. The first kappa shape index (κ1) is 13.4. The minimum absolute atomic E-state index is 0.0152. The van der Waals surface area contributed by atoms with Gasteiger partial charge >= 0.3 is 0 Å². The van der Waals surface area contributed by atoms with E-state index in [0.717, 1.165) is 6.54 Å². The average Bonchev–Trinajstić information content (AvgIpc) is 2.16. The summed E-state index contributed by atoms with van der Waals surface area (Å²) in [6, 6.07) is 0. The molecule has 0 aromatic heterocycles. The number of amides is 1. The number of nitrogens with zero attached hydrogens (tertiary/aromatic N) is 1. The normalized spacial score (nSPS) is 12.9. The predicted octanol–water partition coefficient (Wildman–Crippen LogP) is -1.24. The molecule has 0 saturated carbocycles. The summed E-state index contributed by atoms with van der Waals surface area (Å²) in [7, 11) is 0. The van der Waals surface area contributed by atoms with E-state index in [0.29, 0.717) is 19.6 Å². The SMILES string of the molecule is CCNC(=O)CN(CC)CC(O)CN. The Hall–Kier alpha value is -0.650. The van der Waals surface area contributed by atoms with Crippen molar-refractivity contribution in [3.63, 3.8) is 0 Å². The molecule has 0 aliphatic rings. The molecule has 0 radical (unpaired) electrons. The van der Waals surface area contributed by atoms with Crippen LogP contribution in [0.4, 0.5) is 0 Å². The van der Waals surface area contributed by atoms with E-state index in [1.54, 1.807) is 0 Å². The maximum absolute atomic E-state index is 11.2. The minimum Gasteiger partial charge on any atom is -0.390 e. The van der Waals surface area contributed by atoms with E-state index < -0.39 is 6.10 Å². The van der Waals surface area contributed by atoms with Gasteiger partial charge in [0.25, 0.3) is 0 Å². The Bertz CT molecular complexity index is 164. The molecular weight excluding hydrogens is 182 g/mol. The van der Waals surface area contributed by atoms with Crippen molar-refractivity contribution >= 4 is 5.91 Å². The number of nitrogens with two attached hydrogens (primary N) is 1. The van der Waals surface area contributed by atoms with Crippen LogP contribution in [-0.2, 0) is 4.79 Å². The van der Waals surface area contributed by atoms with Crippen molar-refractivity contribution in [3.05, 3.63) is 0 Å². The molecular formula is C9H21N3O2. The lowest BCUT2D eigenvalue weighted by Gasteiger charge is -2.22. The molecule has 0 aromatic rings. The van der Waals surface area contributed by atoms with Gasteiger partial charge in [-0.15, -0.1) is 0 Å². The first-order valence-electron chi connectivity index (χ1n) is 5.01. The highest BCUT2D eigenvalue weighted by atomic mass is 16.3. The summed E-state index contributed by atoms with van der Waals surface area (Å²) in [5, 5.41) is 12.0. The molecule has 0 aliphatic heterocycles. The minimum atomic E-state index is -0.552. The fourth-order valence-electron chi connectivity index (χ4n) is 1.13. The number of hydrogen-bond acceptors (Lipinski definition) is 4. The van der Waals surface area contributed by atoms with Crippen molar-refractivity contribution in [2.24, 2.45) is 5.73 Å². The molecule has 0 spiro atoms. The topological polar surface area (TPSA) is 78.6 Å². The maximum Gasteiger partial charge on any atom is 0.234 e. The summed E-state index contributed by atoms with van der Waals surface area (Å²) in [4.78, 5) is 13.1. The highest BCUT2D eigenvalue weighted by molar-refractivity contribution is 5.77. The predicted molar refractivity (Wildman–Crippen MR) is 55.9 cm³/mol. The van der Waals surface area contributed by atoms with Crippen molar-refractivity contribution in [1.82, 2.24) is 10.2 Å². The quantitative estimate of drug-likeness (QED) is 0.484. The van der Waals surface area contributed by atoms with Gasteiger partial charge in [-0.25, -0.2) is 0 Å². The van der Waals surface area contributed by atoms with Crippen LogP contribution in [-0.4, -0.2) is 54.7 Å². The van der Waals surface area contributed by atoms with Crippen LogP contribution in [0.2, 0.25) is 0 Å². The summed E-state index contributed by atoms with van der Waals surface area (Å²) in [5.41, 5.74) is 5.29. The van der Waals surface area contributed by atoms with Gasteiger partial charge in [-0.2, -0.15) is 0 Å². The molecule has 0 fully saturated rings. The number of aliphatic hydroxyl groups is 1. The van der Waals surface area contributed by atoms with Gasteiger partial charge in [0, 0.05) is 19.6 Å². The van der Waals surface area contributed by atoms with E-state index in [1.807, 2.05) is 18.7 Å². The van der Waals surface area contributed by atoms with Crippen molar-refractivity contribution in [2.75, 3.05) is 32.7 Å². The Kier molecular flexibility index (Phi) is 7.37. The van der Waals surface area contributed by atoms with Gasteiger partial charge in [-0.05, 0) is 13.5 Å². The highest BCUT2D eigenvalue weighted by Crippen LogP contribution is 1.91. The lowest BCUT2D eigenvalue weighted by Crippen LogP contribution is -2.42. The molecule has 1 atom stereocenters. The van der Waals surface area contributed by atoms with Gasteiger partial charge in [0.05, 0.1) is 12.6 Å². The van der Waals surface area contributed by atoms with Crippen molar-refractivity contribution < 1.29 is 9.90 Å². The maximum atomic E-state index is 11.2. The Balaban J connectivity index is 3.83. The molecule has 0 aliphatic carbocycles. The third-order valence-corrected chi connectivity index (χ3v) is 1.93. The first-order chi connectivity index (χ1) is 6.63. The molecule has 1 unspecified atom stereocenters. The van der Waals surface area contributed by atoms with Crippen molar-refractivity contribution in [3.8, 4) is 0 Å². The standard InChI is InChI=1S/C9H21N3O2/c1-3-11-9(14)7-12(4-2)6-8(13)5-10/h8,13H,3-7,10H2,1-2H3,(H,11,14). The van der Waals surface area contributed by atoms with Crippen LogP contribution in [0.15, 0.2) is 0 Å². The summed E-state index contributed by atoms with van der Waals surface area (Å²) in [6.07, 6.45) is -0.552. The van der Waals surface area contributed by atoms with E-state index in [-0.39, 0.29) is 12.5 Å². The van der Waals surface area contributed by atoms with Crippen LogP contribution in [0.1, 0.15) is 13.8 Å². The van der Waals surface area contributed by atoms with Crippen LogP contribution < -0.4 is 11.1 Å². The zero-order chi connectivity index (χ0) is 11.0. The second-order valence-corrected chi connectivity index (χ2v) is 3.17. The molecule has 0 aromatic carbocycles. The molecule has 1 amide bonds. The van der Waals surface area contributed by atoms with Gasteiger partial charge in [0.1, 0.15) is 0 Å². The van der Waals surface area contributed by atoms with Gasteiger partial charge < -0.3 is 16.2 Å². The van der Waals surface area contributed by atoms with E-state index >= 15 is 0 Å². The fraction of sp³-hybridized carbons (Fsp3) is 0.889. The summed E-state index contributed by atoms with van der Waals surface area (Å²) < 4.78 is 0. The van der Waals surface area contributed by atoms with Gasteiger partial charge in [0.2, 0.25) is 5.91 Å². The smallest absolute Gasteiger partial charge is 0.234 e. The van der Waals surface area contributed by atoms with Gasteiger partial charge in [-0.3, -0.25) is 9.69 Å². The van der Waals surface area contributed by atoms with Crippen LogP contribution in [0.3, 0.4) is 0 Å². The van der Waals surface area contributed by atoms with E-state index in [9.17, 15) is 9.90 Å². The molecule has 0 rings (SSSR count). The Morgan fingerprint density at radius 2 is 2.21 bits per heavy atom. The number of nitrogens with one attached hydrogen (secondary N) is 1. The molecule has 0 heterocycles. The highest BCUT2D eigenvalue weighted by Gasteiger charge is 2.11. The number of carbonyl (C=O) groups excluding carboxylic acids is 1. The van der Waals surface area contributed by atoms with E-state index in [2.05, 4.69) is 5.32 Å². The zero-order valence-electron chi connectivity index (χ0n) is 8.99. The summed E-state index contributed by atoms with van der Waals surface area (Å²) in [6.45, 7) is 6.19. The van der Waals surface area contributed by atoms with Crippen molar-refractivity contribution in [2.45, 2.75) is 20.0 Å². The molecule has 14 heavy (non-hydrogen) atoms. The molecule has 5 nitrogen and oxygen atoms in total. The zero-order valence-corrected chi connectivity index (χ0v) is 8.99. The Morgan fingerprint density at radius 1 is 1.57 bits per heavy atom. The van der Waals surface area contributed by atoms with Crippen LogP contribution >= 0.6 is 0 Å². The monoisotopic (exact) mass is 203 g/mol. The number of carbonyl (C=O) groups is 1. The average molecular weight is 203 g/mol. The second kappa shape index (κ2) is 7.73. The molecule has 0 bridgehead atoms. The number of rotatable bonds is 7. The Labute approximate surface area is 85.3 Å². The molecule has 84 valence electrons. The van der Waals surface area contributed by atoms with Crippen LogP contribution in [0.25, 0.3) is 0 Å². The molecule has 4 N–H and O–H groups in total. The Morgan fingerprint density at radius 3 is 2.64 bits per heavy atom. The van der Waals surface area contributed by atoms with E-state index in [4.69, 9.17) is 5.73 Å². The largest absolute Gasteiger partial charge is 0.390 e. The van der Waals surface area contributed by atoms with Crippen LogP contribution in [0.5, 0.6) is 0 Å². The van der Waals surface area contributed by atoms with Gasteiger partial charge in [0.15, 0.2) is 0 Å². The van der Waals surface area contributed by atoms with Crippen LogP contribution in [0, 0.1) is 0 Å². The summed E-state index contributed by atoms with van der Waals surface area (Å²) in [5.74, 6) is -0.0152. The number of hydrogen-bond donors (Lipinski definition) is 3. The van der Waals surface area contributed by atoms with Gasteiger partial charge in [-0.1, -0.05) is 6.92 Å². The van der Waals surface area contributed by atoms with Crippen molar-refractivity contribution in [1.29, 1.82) is 0 Å². The molecule has 0 saturated heterocycles. The van der Waals surface area contributed by atoms with E-state index in [1.165, 1.54) is 0 Å². The lowest BCUT2D eigenvalue weighted by atomic mass is 10.3. The summed E-state index contributed by atoms with van der Waals surface area (Å²) >= 11 is 0. The lowest BCUT2D eigenvalue weighted by molar-refractivity contribution is -0.122. The molecule has 5 heteroatoms. The second-order valence-electron chi connectivity index (χ2n) is 3.17. The fourth-order valence-corrected chi connectivity index (χ4v) is 1.13. The number of likely N-dealkylation sites (N-methyl/N-ethyl adjacent to an activating group) is 2. The third-order valence-electron chi connectivity index (χ3n) is 1.93. The first-order valence-corrected chi connectivity index (χ1v) is 5.01. The third kappa shape index (κ3) is 5.90.